The second-order valence-corrected chi connectivity index (χ2v) is 14.4. The van der Waals surface area contributed by atoms with E-state index in [1.54, 1.807) is 60.7 Å². The zero-order valence-electron chi connectivity index (χ0n) is 27.8. The van der Waals surface area contributed by atoms with E-state index in [1.165, 1.54) is 36.4 Å². The largest absolute Gasteiger partial charge is 0.323 e. The zero-order valence-corrected chi connectivity index (χ0v) is 29.4. The highest BCUT2D eigenvalue weighted by Crippen LogP contribution is 2.30. The number of urea groups is 1. The summed E-state index contributed by atoms with van der Waals surface area (Å²) in [6.07, 6.45) is 5.33. The molecule has 17 heteroatoms. The predicted octanol–water partition coefficient (Wildman–Crippen LogP) is 6.40. The Balaban J connectivity index is 1.21. The van der Waals surface area contributed by atoms with E-state index < -0.39 is 59.1 Å². The van der Waals surface area contributed by atoms with Crippen molar-refractivity contribution in [3.8, 4) is 0 Å². The number of hydrogen-bond donors (Lipinski definition) is 6. The monoisotopic (exact) mass is 764 g/mol. The van der Waals surface area contributed by atoms with Crippen LogP contribution in [-0.4, -0.2) is 55.0 Å². The maximum absolute atomic E-state index is 13.3. The van der Waals surface area contributed by atoms with E-state index in [9.17, 15) is 40.3 Å². The first-order valence-corrected chi connectivity index (χ1v) is 18.5. The molecular formula is C37H28N6O9S2. The topological polar surface area (TPSA) is 233 Å². The van der Waals surface area contributed by atoms with Gasteiger partial charge < -0.3 is 10.6 Å². The van der Waals surface area contributed by atoms with Gasteiger partial charge in [0.25, 0.3) is 20.2 Å². The number of ketones is 2. The van der Waals surface area contributed by atoms with Crippen LogP contribution < -0.4 is 21.5 Å². The molecule has 272 valence electrons. The van der Waals surface area contributed by atoms with Crippen LogP contribution in [0.1, 0.15) is 43.0 Å². The lowest BCUT2D eigenvalue weighted by atomic mass is 9.94. The van der Waals surface area contributed by atoms with Crippen molar-refractivity contribution in [1.82, 2.24) is 0 Å². The average molecular weight is 765 g/mol. The van der Waals surface area contributed by atoms with Gasteiger partial charge in [0.2, 0.25) is 11.6 Å². The summed E-state index contributed by atoms with van der Waals surface area (Å²) in [6, 6.07) is 20.7. The molecule has 6 N–H and O–H groups in total. The van der Waals surface area contributed by atoms with Crippen LogP contribution >= 0.6 is 0 Å². The van der Waals surface area contributed by atoms with Gasteiger partial charge in [-0.25, -0.2) is 4.79 Å². The molecule has 6 rings (SSSR count). The fourth-order valence-corrected chi connectivity index (χ4v) is 6.68. The molecule has 2 amide bonds. The number of benzene rings is 4. The predicted molar refractivity (Wildman–Crippen MR) is 208 cm³/mol. The number of nitrogens with zero attached hydrogens (tertiary/aromatic N) is 2. The molecule has 0 heterocycles. The van der Waals surface area contributed by atoms with E-state index >= 15 is 0 Å². The second kappa shape index (κ2) is 14.7. The van der Waals surface area contributed by atoms with Crippen LogP contribution in [0, 0.1) is 0 Å². The van der Waals surface area contributed by atoms with Crippen LogP contribution in [0.3, 0.4) is 0 Å². The van der Waals surface area contributed by atoms with Crippen molar-refractivity contribution in [3.05, 3.63) is 141 Å². The fourth-order valence-electron chi connectivity index (χ4n) is 5.36. The van der Waals surface area contributed by atoms with E-state index in [0.717, 1.165) is 23.3 Å². The number of Topliss-reactive ketones (excluding diaryl/α,β-unsaturated/α-hetero) is 2. The number of amides is 2. The summed E-state index contributed by atoms with van der Waals surface area (Å²) in [7, 11) is -9.86. The number of carbonyl (C=O) groups is 3. The minimum absolute atomic E-state index is 0.0420. The van der Waals surface area contributed by atoms with Crippen molar-refractivity contribution in [3.63, 3.8) is 0 Å². The van der Waals surface area contributed by atoms with Gasteiger partial charge in [-0.2, -0.15) is 27.0 Å². The molecule has 0 aliphatic heterocycles. The average Bonchev–Trinajstić information content (AvgIpc) is 3.13. The fraction of sp³-hybridized carbons (Fsp3) is 0. The Morgan fingerprint density at radius 2 is 0.926 bits per heavy atom. The van der Waals surface area contributed by atoms with E-state index in [4.69, 9.17) is 0 Å². The lowest BCUT2D eigenvalue weighted by molar-refractivity contribution is 0.105. The minimum Gasteiger partial charge on any atom is -0.308 e. The number of hydrazone groups is 2. The maximum Gasteiger partial charge on any atom is 0.323 e. The van der Waals surface area contributed by atoms with Crippen molar-refractivity contribution in [2.45, 2.75) is 0 Å². The highest BCUT2D eigenvalue weighted by Gasteiger charge is 2.34. The Kier molecular flexibility index (Phi) is 10.1. The van der Waals surface area contributed by atoms with Crippen molar-refractivity contribution in [2.24, 2.45) is 10.2 Å². The molecule has 4 aromatic rings. The Hall–Kier alpha value is -6.79. The van der Waals surface area contributed by atoms with E-state index in [0.29, 0.717) is 11.4 Å². The molecule has 0 bridgehead atoms. The van der Waals surface area contributed by atoms with Gasteiger partial charge in [-0.3, -0.25) is 29.5 Å². The Labute approximate surface area is 308 Å². The summed E-state index contributed by atoms with van der Waals surface area (Å²) in [5, 5.41) is 13.0. The molecule has 0 atom stereocenters. The molecule has 0 saturated heterocycles. The first-order valence-electron chi connectivity index (χ1n) is 15.6. The summed E-state index contributed by atoms with van der Waals surface area (Å²) in [6.45, 7) is 7.34. The summed E-state index contributed by atoms with van der Waals surface area (Å²) >= 11 is 0. The Bertz CT molecular complexity index is 2450. The first-order chi connectivity index (χ1) is 25.6. The maximum atomic E-state index is 13.3. The van der Waals surface area contributed by atoms with E-state index in [2.05, 4.69) is 44.8 Å². The van der Waals surface area contributed by atoms with Crippen LogP contribution in [-0.2, 0) is 20.2 Å². The van der Waals surface area contributed by atoms with Crippen LogP contribution in [0.25, 0.3) is 24.3 Å². The molecule has 0 spiro atoms. The molecular weight excluding hydrogens is 737 g/mol. The van der Waals surface area contributed by atoms with Crippen LogP contribution in [0.2, 0.25) is 0 Å². The van der Waals surface area contributed by atoms with Gasteiger partial charge in [-0.05, 0) is 95.1 Å². The van der Waals surface area contributed by atoms with Crippen molar-refractivity contribution in [1.29, 1.82) is 0 Å². The van der Waals surface area contributed by atoms with E-state index in [1.807, 2.05) is 0 Å². The highest BCUT2D eigenvalue weighted by molar-refractivity contribution is 7.91. The third-order valence-electron chi connectivity index (χ3n) is 8.02. The number of anilines is 4. The number of carbonyl (C=O) groups excluding carboxylic acids is 3. The van der Waals surface area contributed by atoms with Crippen molar-refractivity contribution >= 4 is 96.3 Å². The molecule has 0 unspecified atom stereocenters. The van der Waals surface area contributed by atoms with Crippen molar-refractivity contribution in [2.75, 3.05) is 21.5 Å². The minimum atomic E-state index is -4.93. The quantitative estimate of drug-likeness (QED) is 0.0763. The number of hydrogen-bond acceptors (Lipinski definition) is 11. The smallest absolute Gasteiger partial charge is 0.308 e. The standard InChI is InChI=1S/C37H28N6O9S2/c1-3-21-5-9-25(10-6-21)40-42-33-31(53(47,48)49)19-23-17-27(13-15-29(23)35(33)44)38-37(46)39-28-14-16-30-24(18-28)20-32(54(50,51)52)34(36(30)45)43-41-26-11-7-22(4-2)8-12-26/h3-20,40-41H,1-2H2,(H2,38,39,46)(H,47,48,49)(H,50,51,52)/b42-33-,43-34-. The molecule has 54 heavy (non-hydrogen) atoms. The number of rotatable bonds is 10. The van der Waals surface area contributed by atoms with Gasteiger partial charge in [-0.1, -0.05) is 49.6 Å². The van der Waals surface area contributed by atoms with Gasteiger partial charge in [0.1, 0.15) is 9.81 Å². The van der Waals surface area contributed by atoms with E-state index in [-0.39, 0.29) is 33.6 Å². The molecule has 2 aliphatic carbocycles. The Morgan fingerprint density at radius 3 is 1.26 bits per heavy atom. The van der Waals surface area contributed by atoms with Gasteiger partial charge in [0.05, 0.1) is 11.4 Å². The lowest BCUT2D eigenvalue weighted by Crippen LogP contribution is -2.27. The summed E-state index contributed by atoms with van der Waals surface area (Å²) in [5.41, 5.74) is 7.09. The molecule has 15 nitrogen and oxygen atoms in total. The number of nitrogens with one attached hydrogen (secondary N) is 4. The lowest BCUT2D eigenvalue weighted by Gasteiger charge is -2.18. The molecule has 4 aromatic carbocycles. The first kappa shape index (κ1) is 37.0. The number of allylic oxidation sites excluding steroid dienone is 2. The van der Waals surface area contributed by atoms with Crippen LogP contribution in [0.4, 0.5) is 27.5 Å². The highest BCUT2D eigenvalue weighted by atomic mass is 32.2. The van der Waals surface area contributed by atoms with Gasteiger partial charge in [0.15, 0.2) is 11.4 Å². The zero-order chi connectivity index (χ0) is 38.8. The summed E-state index contributed by atoms with van der Waals surface area (Å²) < 4.78 is 69.0. The van der Waals surface area contributed by atoms with Crippen molar-refractivity contribution < 1.29 is 40.3 Å². The van der Waals surface area contributed by atoms with Gasteiger partial charge in [0, 0.05) is 22.5 Å². The SMILES string of the molecule is C=Cc1ccc(N/N=C2\C(=O)c3ccc(NC(=O)Nc4ccc5c(c4)C=C(S(=O)(=O)O)/C(=N/Nc4ccc(C=C)cc4)C5=O)cc3C=C2S(=O)(=O)O)cc1. The molecule has 0 fully saturated rings. The molecule has 0 saturated carbocycles. The normalized spacial score (nSPS) is 15.4. The Morgan fingerprint density at radius 1 is 0.574 bits per heavy atom. The number of fused-ring (bicyclic) bond motifs is 2. The summed E-state index contributed by atoms with van der Waals surface area (Å²) in [5.74, 6) is -1.61. The van der Waals surface area contributed by atoms with Gasteiger partial charge >= 0.3 is 6.03 Å². The van der Waals surface area contributed by atoms with Crippen LogP contribution in [0.5, 0.6) is 0 Å². The van der Waals surface area contributed by atoms with Crippen LogP contribution in [0.15, 0.2) is 118 Å². The third kappa shape index (κ3) is 7.98. The molecule has 0 radical (unpaired) electrons. The molecule has 2 aliphatic rings. The van der Waals surface area contributed by atoms with Gasteiger partial charge in [-0.15, -0.1) is 0 Å². The summed E-state index contributed by atoms with van der Waals surface area (Å²) in [4.78, 5) is 38.2. The third-order valence-corrected chi connectivity index (χ3v) is 9.75. The molecule has 0 aromatic heterocycles. The second-order valence-electron chi connectivity index (χ2n) is 11.6.